The summed E-state index contributed by atoms with van der Waals surface area (Å²) in [4.78, 5) is 16.9. The third-order valence-corrected chi connectivity index (χ3v) is 5.39. The molecule has 1 aromatic carbocycles. The van der Waals surface area contributed by atoms with E-state index in [2.05, 4.69) is 41.8 Å². The smallest absolute Gasteiger partial charge is 0.237 e. The minimum atomic E-state index is 0.221. The van der Waals surface area contributed by atoms with Gasteiger partial charge in [-0.3, -0.25) is 9.69 Å². The molecule has 0 N–H and O–H groups in total. The topological polar surface area (TPSA) is 42.0 Å². The number of aryl methyl sites for hydroxylation is 2. The number of benzene rings is 1. The normalized spacial score (nSPS) is 23.0. The molecule has 26 heavy (non-hydrogen) atoms. The van der Waals surface area contributed by atoms with Gasteiger partial charge in [0.25, 0.3) is 0 Å². The zero-order valence-corrected chi connectivity index (χ0v) is 16.4. The van der Waals surface area contributed by atoms with Gasteiger partial charge >= 0.3 is 0 Å². The molecule has 1 saturated heterocycles. The van der Waals surface area contributed by atoms with Gasteiger partial charge in [0.1, 0.15) is 12.4 Å². The van der Waals surface area contributed by atoms with E-state index in [4.69, 9.17) is 9.47 Å². The molecule has 0 spiro atoms. The molecule has 0 aromatic heterocycles. The molecule has 5 nitrogen and oxygen atoms in total. The summed E-state index contributed by atoms with van der Waals surface area (Å²) >= 11 is 0. The number of carbonyl (C=O) groups is 1. The van der Waals surface area contributed by atoms with E-state index in [1.807, 2.05) is 7.05 Å². The summed E-state index contributed by atoms with van der Waals surface area (Å²) < 4.78 is 11.7. The minimum Gasteiger partial charge on any atom is -0.492 e. The lowest BCUT2D eigenvalue weighted by Gasteiger charge is -2.44. The molecule has 1 saturated carbocycles. The van der Waals surface area contributed by atoms with Crippen molar-refractivity contribution in [2.75, 3.05) is 39.9 Å². The van der Waals surface area contributed by atoms with Gasteiger partial charge in [-0.2, -0.15) is 0 Å². The molecule has 2 aliphatic rings. The highest BCUT2D eigenvalue weighted by atomic mass is 16.5. The fourth-order valence-corrected chi connectivity index (χ4v) is 4.14. The molecule has 0 radical (unpaired) electrons. The van der Waals surface area contributed by atoms with Crippen LogP contribution in [-0.4, -0.2) is 67.7 Å². The van der Waals surface area contributed by atoms with E-state index >= 15 is 0 Å². The minimum absolute atomic E-state index is 0.221. The fraction of sp³-hybridized carbons (Fsp3) is 0.667. The molecule has 144 valence electrons. The quantitative estimate of drug-likeness (QED) is 0.782. The van der Waals surface area contributed by atoms with Crippen molar-refractivity contribution in [1.29, 1.82) is 0 Å². The van der Waals surface area contributed by atoms with Crippen molar-refractivity contribution in [3.8, 4) is 5.75 Å². The van der Waals surface area contributed by atoms with Crippen LogP contribution in [0.4, 0.5) is 0 Å². The van der Waals surface area contributed by atoms with Crippen molar-refractivity contribution >= 4 is 5.91 Å². The number of nitrogens with zero attached hydrogens (tertiary/aromatic N) is 2. The van der Waals surface area contributed by atoms with E-state index in [-0.39, 0.29) is 18.1 Å². The average molecular weight is 360 g/mol. The molecule has 1 aliphatic carbocycles. The predicted molar refractivity (Wildman–Crippen MR) is 103 cm³/mol. The van der Waals surface area contributed by atoms with Gasteiger partial charge in [-0.1, -0.05) is 18.9 Å². The Labute approximate surface area is 157 Å². The Hall–Kier alpha value is -1.59. The van der Waals surface area contributed by atoms with Gasteiger partial charge in [-0.25, -0.2) is 0 Å². The van der Waals surface area contributed by atoms with Gasteiger partial charge in [-0.05, 0) is 57.0 Å². The lowest BCUT2D eigenvalue weighted by molar-refractivity contribution is -0.150. The van der Waals surface area contributed by atoms with Gasteiger partial charge in [0.15, 0.2) is 0 Å². The molecule has 1 amide bonds. The van der Waals surface area contributed by atoms with Crippen LogP contribution >= 0.6 is 0 Å². The summed E-state index contributed by atoms with van der Waals surface area (Å²) in [6.07, 6.45) is 4.84. The lowest BCUT2D eigenvalue weighted by Crippen LogP contribution is -2.56. The number of ether oxygens (including phenoxy) is 2. The number of morpholine rings is 1. The largest absolute Gasteiger partial charge is 0.492 e. The van der Waals surface area contributed by atoms with Crippen molar-refractivity contribution in [2.24, 2.45) is 0 Å². The average Bonchev–Trinajstić information content (AvgIpc) is 2.60. The number of amides is 1. The summed E-state index contributed by atoms with van der Waals surface area (Å²) in [6.45, 7) is 7.31. The summed E-state index contributed by atoms with van der Waals surface area (Å²) in [6, 6.07) is 6.52. The third kappa shape index (κ3) is 4.98. The highest BCUT2D eigenvalue weighted by Gasteiger charge is 2.36. The van der Waals surface area contributed by atoms with E-state index in [0.717, 1.165) is 31.7 Å². The third-order valence-electron chi connectivity index (χ3n) is 5.39. The number of carbonyl (C=O) groups excluding carboxylic acids is 1. The molecule has 5 heteroatoms. The summed E-state index contributed by atoms with van der Waals surface area (Å²) in [7, 11) is 1.99. The zero-order valence-electron chi connectivity index (χ0n) is 16.4. The zero-order chi connectivity index (χ0) is 18.5. The van der Waals surface area contributed by atoms with Gasteiger partial charge in [0.05, 0.1) is 25.3 Å². The first-order valence-corrected chi connectivity index (χ1v) is 9.83. The molecule has 1 heterocycles. The first-order chi connectivity index (χ1) is 12.5. The number of hydrogen-bond donors (Lipinski definition) is 0. The highest BCUT2D eigenvalue weighted by molar-refractivity contribution is 5.78. The molecule has 2 fully saturated rings. The highest BCUT2D eigenvalue weighted by Crippen LogP contribution is 2.28. The van der Waals surface area contributed by atoms with Crippen LogP contribution in [0.25, 0.3) is 0 Å². The maximum Gasteiger partial charge on any atom is 0.237 e. The summed E-state index contributed by atoms with van der Waals surface area (Å²) in [5.41, 5.74) is 2.41. The number of likely N-dealkylation sites (N-methyl/N-ethyl adjacent to an activating group) is 1. The van der Waals surface area contributed by atoms with Crippen molar-refractivity contribution in [1.82, 2.24) is 9.80 Å². The van der Waals surface area contributed by atoms with Crippen molar-refractivity contribution in [3.05, 3.63) is 29.3 Å². The second-order valence-corrected chi connectivity index (χ2v) is 7.76. The van der Waals surface area contributed by atoms with Crippen molar-refractivity contribution in [3.63, 3.8) is 0 Å². The summed E-state index contributed by atoms with van der Waals surface area (Å²) in [5.74, 6) is 1.12. The molecular formula is C21H32N2O3. The van der Waals surface area contributed by atoms with Gasteiger partial charge < -0.3 is 14.4 Å². The Bertz CT molecular complexity index is 597. The Balaban J connectivity index is 1.45. The molecule has 0 bridgehead atoms. The van der Waals surface area contributed by atoms with Crippen LogP contribution < -0.4 is 4.74 Å². The maximum absolute atomic E-state index is 12.8. The maximum atomic E-state index is 12.8. The standard InChI is InChI=1S/C21H32N2O3/c1-16-12-17(2)14-18(13-16)25-10-8-22(3)15-21(24)23-9-11-26-20-7-5-4-6-19(20)23/h12-14,19-20H,4-11,15H2,1-3H3. The number of rotatable bonds is 6. The van der Waals surface area contributed by atoms with Crippen molar-refractivity contribution < 1.29 is 14.3 Å². The van der Waals surface area contributed by atoms with Gasteiger partial charge in [-0.15, -0.1) is 0 Å². The monoisotopic (exact) mass is 360 g/mol. The van der Waals surface area contributed by atoms with E-state index in [0.29, 0.717) is 19.8 Å². The first kappa shape index (κ1) is 19.2. The Kier molecular flexibility index (Phi) is 6.54. The molecule has 2 atom stereocenters. The van der Waals surface area contributed by atoms with Crippen LogP contribution in [0.2, 0.25) is 0 Å². The molecule has 1 aromatic rings. The van der Waals surface area contributed by atoms with E-state index in [1.165, 1.54) is 24.0 Å². The van der Waals surface area contributed by atoms with Crippen LogP contribution in [0.15, 0.2) is 18.2 Å². The Morgan fingerprint density at radius 3 is 2.73 bits per heavy atom. The first-order valence-electron chi connectivity index (χ1n) is 9.83. The van der Waals surface area contributed by atoms with E-state index in [1.54, 1.807) is 0 Å². The molecule has 1 aliphatic heterocycles. The van der Waals surface area contributed by atoms with Crippen LogP contribution in [0.5, 0.6) is 5.75 Å². The molecule has 2 unspecified atom stereocenters. The van der Waals surface area contributed by atoms with Crippen LogP contribution in [0.1, 0.15) is 36.8 Å². The fourth-order valence-electron chi connectivity index (χ4n) is 4.14. The van der Waals surface area contributed by atoms with Crippen LogP contribution in [0, 0.1) is 13.8 Å². The van der Waals surface area contributed by atoms with E-state index < -0.39 is 0 Å². The number of hydrogen-bond acceptors (Lipinski definition) is 4. The summed E-state index contributed by atoms with van der Waals surface area (Å²) in [5, 5.41) is 0. The van der Waals surface area contributed by atoms with Crippen LogP contribution in [0.3, 0.4) is 0 Å². The number of fused-ring (bicyclic) bond motifs is 1. The predicted octanol–water partition coefficient (Wildman–Crippen LogP) is 2.78. The molecular weight excluding hydrogens is 328 g/mol. The Morgan fingerprint density at radius 2 is 1.96 bits per heavy atom. The SMILES string of the molecule is Cc1cc(C)cc(OCCN(C)CC(=O)N2CCOC3CCCCC32)c1. The lowest BCUT2D eigenvalue weighted by atomic mass is 9.90. The van der Waals surface area contributed by atoms with Gasteiger partial charge in [0.2, 0.25) is 5.91 Å². The van der Waals surface area contributed by atoms with Crippen molar-refractivity contribution in [2.45, 2.75) is 51.7 Å². The van der Waals surface area contributed by atoms with Gasteiger partial charge in [0, 0.05) is 13.1 Å². The second kappa shape index (κ2) is 8.87. The second-order valence-electron chi connectivity index (χ2n) is 7.76. The van der Waals surface area contributed by atoms with E-state index in [9.17, 15) is 4.79 Å². The van der Waals surface area contributed by atoms with Crippen LogP contribution in [-0.2, 0) is 9.53 Å². The molecule has 3 rings (SSSR count). The Morgan fingerprint density at radius 1 is 1.23 bits per heavy atom.